The molecule has 21 heavy (non-hydrogen) atoms. The molecule has 4 heteroatoms. The molecule has 0 bridgehead atoms. The maximum atomic E-state index is 12.6. The summed E-state index contributed by atoms with van der Waals surface area (Å²) in [5, 5.41) is 6.56. The summed E-state index contributed by atoms with van der Waals surface area (Å²) >= 11 is 0. The zero-order chi connectivity index (χ0) is 14.5. The Labute approximate surface area is 126 Å². The number of carbonyl (C=O) groups excluding carboxylic acids is 1. The molecule has 4 nitrogen and oxygen atoms in total. The van der Waals surface area contributed by atoms with Crippen LogP contribution in [0.25, 0.3) is 0 Å². The Morgan fingerprint density at radius 2 is 1.90 bits per heavy atom. The first-order valence-electron chi connectivity index (χ1n) is 8.02. The molecule has 1 aromatic carbocycles. The topological polar surface area (TPSA) is 50.4 Å². The Kier molecular flexibility index (Phi) is 4.88. The van der Waals surface area contributed by atoms with E-state index in [9.17, 15) is 4.79 Å². The molecular weight excluding hydrogens is 264 g/mol. The van der Waals surface area contributed by atoms with Gasteiger partial charge in [0.05, 0.1) is 12.0 Å². The van der Waals surface area contributed by atoms with Gasteiger partial charge in [0.2, 0.25) is 5.91 Å². The van der Waals surface area contributed by atoms with Gasteiger partial charge in [-0.25, -0.2) is 0 Å². The molecule has 2 aliphatic heterocycles. The van der Waals surface area contributed by atoms with E-state index in [0.717, 1.165) is 50.9 Å². The van der Waals surface area contributed by atoms with E-state index in [1.807, 2.05) is 18.2 Å². The van der Waals surface area contributed by atoms with Crippen LogP contribution in [0.2, 0.25) is 0 Å². The van der Waals surface area contributed by atoms with Crippen molar-refractivity contribution in [3.05, 3.63) is 35.9 Å². The van der Waals surface area contributed by atoms with Crippen LogP contribution in [0.1, 0.15) is 37.4 Å². The summed E-state index contributed by atoms with van der Waals surface area (Å²) in [6.45, 7) is 2.74. The second-order valence-electron chi connectivity index (χ2n) is 5.98. The van der Waals surface area contributed by atoms with Crippen LogP contribution in [0.15, 0.2) is 30.3 Å². The van der Waals surface area contributed by atoms with Gasteiger partial charge in [-0.05, 0) is 44.3 Å². The predicted octanol–water partition coefficient (Wildman–Crippen LogP) is 2.02. The number of benzene rings is 1. The van der Waals surface area contributed by atoms with E-state index in [-0.39, 0.29) is 17.9 Å². The fraction of sp³-hybridized carbons (Fsp3) is 0.588. The van der Waals surface area contributed by atoms with Crippen molar-refractivity contribution in [2.45, 2.75) is 37.8 Å². The van der Waals surface area contributed by atoms with Crippen LogP contribution in [0.3, 0.4) is 0 Å². The predicted molar refractivity (Wildman–Crippen MR) is 81.9 cm³/mol. The Hall–Kier alpha value is -1.39. The number of amides is 1. The maximum absolute atomic E-state index is 12.6. The average molecular weight is 288 g/mol. The van der Waals surface area contributed by atoms with Crippen molar-refractivity contribution >= 4 is 5.91 Å². The number of piperidine rings is 1. The molecule has 0 radical (unpaired) electrons. The Balaban J connectivity index is 1.67. The van der Waals surface area contributed by atoms with Gasteiger partial charge in [-0.1, -0.05) is 30.3 Å². The normalized spacial score (nSPS) is 27.2. The van der Waals surface area contributed by atoms with Gasteiger partial charge in [-0.2, -0.15) is 0 Å². The SMILES string of the molecule is O=C(NC1CCNCC1)C1CCCOC1c1ccccc1. The van der Waals surface area contributed by atoms with Gasteiger partial charge in [0.15, 0.2) is 0 Å². The first kappa shape index (κ1) is 14.5. The van der Waals surface area contributed by atoms with Gasteiger partial charge in [0, 0.05) is 12.6 Å². The lowest BCUT2D eigenvalue weighted by atomic mass is 9.88. The molecule has 2 heterocycles. The molecular formula is C17H24N2O2. The second-order valence-corrected chi connectivity index (χ2v) is 5.98. The molecule has 2 unspecified atom stereocenters. The summed E-state index contributed by atoms with van der Waals surface area (Å²) in [6.07, 6.45) is 3.83. The van der Waals surface area contributed by atoms with Crippen molar-refractivity contribution in [3.8, 4) is 0 Å². The lowest BCUT2D eigenvalue weighted by Crippen LogP contribution is -2.46. The third kappa shape index (κ3) is 3.63. The summed E-state index contributed by atoms with van der Waals surface area (Å²) in [5.74, 6) is 0.103. The van der Waals surface area contributed by atoms with Crippen molar-refractivity contribution in [2.75, 3.05) is 19.7 Å². The first-order valence-corrected chi connectivity index (χ1v) is 8.02. The van der Waals surface area contributed by atoms with Crippen LogP contribution < -0.4 is 10.6 Å². The molecule has 114 valence electrons. The highest BCUT2D eigenvalue weighted by molar-refractivity contribution is 5.80. The van der Waals surface area contributed by atoms with Crippen LogP contribution in [0.4, 0.5) is 0 Å². The van der Waals surface area contributed by atoms with E-state index in [4.69, 9.17) is 4.74 Å². The number of hydrogen-bond acceptors (Lipinski definition) is 3. The smallest absolute Gasteiger partial charge is 0.226 e. The van der Waals surface area contributed by atoms with E-state index >= 15 is 0 Å². The minimum absolute atomic E-state index is 0.0592. The van der Waals surface area contributed by atoms with Crippen molar-refractivity contribution in [2.24, 2.45) is 5.92 Å². The maximum Gasteiger partial charge on any atom is 0.226 e. The number of carbonyl (C=O) groups is 1. The number of ether oxygens (including phenoxy) is 1. The van der Waals surface area contributed by atoms with Gasteiger partial charge < -0.3 is 15.4 Å². The van der Waals surface area contributed by atoms with Crippen LogP contribution in [-0.4, -0.2) is 31.6 Å². The zero-order valence-electron chi connectivity index (χ0n) is 12.4. The highest BCUT2D eigenvalue weighted by atomic mass is 16.5. The Morgan fingerprint density at radius 1 is 1.14 bits per heavy atom. The number of rotatable bonds is 3. The summed E-state index contributed by atoms with van der Waals surface area (Å²) < 4.78 is 5.91. The van der Waals surface area contributed by atoms with Crippen LogP contribution >= 0.6 is 0 Å². The number of hydrogen-bond donors (Lipinski definition) is 2. The van der Waals surface area contributed by atoms with Gasteiger partial charge >= 0.3 is 0 Å². The standard InChI is InChI=1S/C17H24N2O2/c20-17(19-14-8-10-18-11-9-14)15-7-4-12-21-16(15)13-5-2-1-3-6-13/h1-3,5-6,14-16,18H,4,7-12H2,(H,19,20). The van der Waals surface area contributed by atoms with Crippen molar-refractivity contribution < 1.29 is 9.53 Å². The highest BCUT2D eigenvalue weighted by Gasteiger charge is 2.33. The van der Waals surface area contributed by atoms with E-state index in [0.29, 0.717) is 6.04 Å². The largest absolute Gasteiger partial charge is 0.373 e. The Bertz CT molecular complexity index is 457. The van der Waals surface area contributed by atoms with E-state index in [2.05, 4.69) is 22.8 Å². The lowest BCUT2D eigenvalue weighted by Gasteiger charge is -2.33. The van der Waals surface area contributed by atoms with Gasteiger partial charge in [-0.3, -0.25) is 4.79 Å². The molecule has 2 N–H and O–H groups in total. The quantitative estimate of drug-likeness (QED) is 0.894. The van der Waals surface area contributed by atoms with Crippen LogP contribution in [-0.2, 0) is 9.53 Å². The van der Waals surface area contributed by atoms with Gasteiger partial charge in [0.25, 0.3) is 0 Å². The molecule has 1 aromatic rings. The molecule has 0 saturated carbocycles. The summed E-state index contributed by atoms with van der Waals surface area (Å²) in [6, 6.07) is 10.4. The Morgan fingerprint density at radius 3 is 2.67 bits per heavy atom. The van der Waals surface area contributed by atoms with E-state index < -0.39 is 0 Å². The number of nitrogens with one attached hydrogen (secondary N) is 2. The molecule has 1 amide bonds. The molecule has 2 atom stereocenters. The second kappa shape index (κ2) is 7.05. The van der Waals surface area contributed by atoms with Crippen LogP contribution in [0, 0.1) is 5.92 Å². The molecule has 2 saturated heterocycles. The van der Waals surface area contributed by atoms with Crippen molar-refractivity contribution in [1.29, 1.82) is 0 Å². The summed E-state index contributed by atoms with van der Waals surface area (Å²) in [7, 11) is 0. The third-order valence-corrected chi connectivity index (χ3v) is 4.47. The minimum atomic E-state index is -0.0957. The average Bonchev–Trinajstić information content (AvgIpc) is 2.56. The molecule has 0 spiro atoms. The van der Waals surface area contributed by atoms with Gasteiger partial charge in [-0.15, -0.1) is 0 Å². The highest BCUT2D eigenvalue weighted by Crippen LogP contribution is 2.33. The first-order chi connectivity index (χ1) is 10.3. The van der Waals surface area contributed by atoms with E-state index in [1.165, 1.54) is 0 Å². The monoisotopic (exact) mass is 288 g/mol. The zero-order valence-corrected chi connectivity index (χ0v) is 12.4. The van der Waals surface area contributed by atoms with Crippen molar-refractivity contribution in [3.63, 3.8) is 0 Å². The van der Waals surface area contributed by atoms with E-state index in [1.54, 1.807) is 0 Å². The van der Waals surface area contributed by atoms with Crippen LogP contribution in [0.5, 0.6) is 0 Å². The molecule has 2 aliphatic rings. The van der Waals surface area contributed by atoms with Crippen molar-refractivity contribution in [1.82, 2.24) is 10.6 Å². The molecule has 0 aromatic heterocycles. The third-order valence-electron chi connectivity index (χ3n) is 4.47. The summed E-state index contributed by atoms with van der Waals surface area (Å²) in [4.78, 5) is 12.6. The van der Waals surface area contributed by atoms with Gasteiger partial charge in [0.1, 0.15) is 0 Å². The molecule has 2 fully saturated rings. The fourth-order valence-corrected chi connectivity index (χ4v) is 3.30. The molecule has 0 aliphatic carbocycles. The minimum Gasteiger partial charge on any atom is -0.373 e. The fourth-order valence-electron chi connectivity index (χ4n) is 3.30. The molecule has 3 rings (SSSR count). The lowest BCUT2D eigenvalue weighted by molar-refractivity contribution is -0.135. The summed E-state index contributed by atoms with van der Waals surface area (Å²) in [5.41, 5.74) is 1.11.